The lowest BCUT2D eigenvalue weighted by molar-refractivity contribution is 0.555. The Labute approximate surface area is 222 Å². The molecular formula is C33H27O4P. The highest BCUT2D eigenvalue weighted by molar-refractivity contribution is 7.79. The van der Waals surface area contributed by atoms with E-state index >= 15 is 0 Å². The Kier molecular flexibility index (Phi) is 7.44. The van der Waals surface area contributed by atoms with Gasteiger partial charge in [-0.1, -0.05) is 24.8 Å². The number of rotatable bonds is 4. The maximum absolute atomic E-state index is 5.54. The number of aryl methyl sites for hydroxylation is 1. The van der Waals surface area contributed by atoms with Gasteiger partial charge < -0.3 is 17.7 Å². The van der Waals surface area contributed by atoms with E-state index in [9.17, 15) is 0 Å². The second kappa shape index (κ2) is 11.2. The fraction of sp³-hybridized carbons (Fsp3) is 0.0303. The van der Waals surface area contributed by atoms with E-state index in [1.807, 2.05) is 31.2 Å². The van der Waals surface area contributed by atoms with Gasteiger partial charge in [0.25, 0.3) is 0 Å². The molecule has 7 aromatic rings. The van der Waals surface area contributed by atoms with E-state index in [4.69, 9.17) is 17.7 Å². The number of hydrogen-bond donors (Lipinski definition) is 0. The van der Waals surface area contributed by atoms with Crippen molar-refractivity contribution in [2.75, 3.05) is 0 Å². The van der Waals surface area contributed by atoms with Gasteiger partial charge in [-0.15, -0.1) is 13.2 Å². The van der Waals surface area contributed by atoms with Crippen LogP contribution in [0, 0.1) is 6.92 Å². The standard InChI is InChI=1S/C24H15O3P.C7H8O.C2H4/c1-4-22-16(7-10-25-22)13-19(1)28(20-2-5-23-17(14-20)8-11-26-23)21-3-6-24-18(15-21)9-12-27-24;1-3-7-6(2)4-5-8-7;1-2/h1-15H;3-5H,1H2,2H3;1-2H2. The van der Waals surface area contributed by atoms with Crippen LogP contribution in [0.25, 0.3) is 39.0 Å². The maximum atomic E-state index is 5.54. The summed E-state index contributed by atoms with van der Waals surface area (Å²) >= 11 is 0. The van der Waals surface area contributed by atoms with Gasteiger partial charge in [0, 0.05) is 16.2 Å². The van der Waals surface area contributed by atoms with Crippen LogP contribution in [0.2, 0.25) is 0 Å². The van der Waals surface area contributed by atoms with Crippen molar-refractivity contribution in [2.45, 2.75) is 6.92 Å². The lowest BCUT2D eigenvalue weighted by Crippen LogP contribution is -2.20. The van der Waals surface area contributed by atoms with Gasteiger partial charge in [-0.05, 0) is 103 Å². The summed E-state index contributed by atoms with van der Waals surface area (Å²) in [6.45, 7) is 11.6. The summed E-state index contributed by atoms with van der Waals surface area (Å²) in [7, 11) is -0.734. The average Bonchev–Trinajstić information content (AvgIpc) is 3.77. The topological polar surface area (TPSA) is 52.6 Å². The monoisotopic (exact) mass is 518 g/mol. The van der Waals surface area contributed by atoms with Crippen LogP contribution < -0.4 is 15.9 Å². The Morgan fingerprint density at radius 3 is 1.26 bits per heavy atom. The van der Waals surface area contributed by atoms with Gasteiger partial charge in [0.2, 0.25) is 0 Å². The van der Waals surface area contributed by atoms with Crippen LogP contribution in [-0.4, -0.2) is 0 Å². The van der Waals surface area contributed by atoms with E-state index in [1.54, 1.807) is 31.1 Å². The zero-order valence-corrected chi connectivity index (χ0v) is 22.0. The summed E-state index contributed by atoms with van der Waals surface area (Å²) in [6, 6.07) is 27.4. The minimum Gasteiger partial charge on any atom is -0.465 e. The highest BCUT2D eigenvalue weighted by atomic mass is 31.1. The summed E-state index contributed by atoms with van der Waals surface area (Å²) in [5, 5.41) is 7.23. The van der Waals surface area contributed by atoms with Crippen molar-refractivity contribution in [2.24, 2.45) is 0 Å². The highest BCUT2D eigenvalue weighted by Crippen LogP contribution is 2.36. The summed E-state index contributed by atoms with van der Waals surface area (Å²) in [5.41, 5.74) is 3.87. The minimum atomic E-state index is -0.734. The Morgan fingerprint density at radius 2 is 0.947 bits per heavy atom. The number of hydrogen-bond acceptors (Lipinski definition) is 4. The van der Waals surface area contributed by atoms with Crippen LogP contribution in [0.3, 0.4) is 0 Å². The lowest BCUT2D eigenvalue weighted by Gasteiger charge is -2.19. The third kappa shape index (κ3) is 5.00. The van der Waals surface area contributed by atoms with E-state index in [0.29, 0.717) is 0 Å². The molecule has 4 nitrogen and oxygen atoms in total. The fourth-order valence-electron chi connectivity index (χ4n) is 4.32. The van der Waals surface area contributed by atoms with Gasteiger partial charge in [-0.25, -0.2) is 0 Å². The van der Waals surface area contributed by atoms with E-state index in [0.717, 1.165) is 44.2 Å². The number of furan rings is 4. The molecule has 0 radical (unpaired) electrons. The van der Waals surface area contributed by atoms with Gasteiger partial charge in [-0.2, -0.15) is 0 Å². The first-order valence-corrected chi connectivity index (χ1v) is 13.4. The maximum Gasteiger partial charge on any atom is 0.133 e. The van der Waals surface area contributed by atoms with Crippen molar-refractivity contribution >= 4 is 62.8 Å². The first-order valence-electron chi connectivity index (χ1n) is 12.1. The van der Waals surface area contributed by atoms with Crippen LogP contribution in [0.15, 0.2) is 141 Å². The molecular weight excluding hydrogens is 491 g/mol. The van der Waals surface area contributed by atoms with Crippen molar-refractivity contribution in [1.29, 1.82) is 0 Å². The Bertz CT molecular complexity index is 1640. The zero-order valence-electron chi connectivity index (χ0n) is 21.1. The van der Waals surface area contributed by atoms with Crippen molar-refractivity contribution in [3.05, 3.63) is 135 Å². The summed E-state index contributed by atoms with van der Waals surface area (Å²) in [6.07, 6.45) is 8.59. The molecule has 38 heavy (non-hydrogen) atoms. The van der Waals surface area contributed by atoms with Crippen molar-refractivity contribution in [3.8, 4) is 0 Å². The molecule has 0 aliphatic rings. The largest absolute Gasteiger partial charge is 0.465 e. The molecule has 0 N–H and O–H groups in total. The van der Waals surface area contributed by atoms with E-state index in [1.165, 1.54) is 15.9 Å². The second-order valence-electron chi connectivity index (χ2n) is 8.44. The Morgan fingerprint density at radius 1 is 0.553 bits per heavy atom. The molecule has 0 aliphatic carbocycles. The highest BCUT2D eigenvalue weighted by Gasteiger charge is 2.19. The van der Waals surface area contributed by atoms with Crippen molar-refractivity contribution < 1.29 is 17.7 Å². The summed E-state index contributed by atoms with van der Waals surface area (Å²) in [4.78, 5) is 0. The molecule has 188 valence electrons. The van der Waals surface area contributed by atoms with Gasteiger partial charge in [0.1, 0.15) is 22.5 Å². The second-order valence-corrected chi connectivity index (χ2v) is 10.7. The molecule has 4 heterocycles. The van der Waals surface area contributed by atoms with Gasteiger partial charge in [0.05, 0.1) is 25.1 Å². The number of benzene rings is 3. The first kappa shape index (κ1) is 25.1. The quantitative estimate of drug-likeness (QED) is 0.173. The van der Waals surface area contributed by atoms with Crippen molar-refractivity contribution in [1.82, 2.24) is 0 Å². The molecule has 0 aliphatic heterocycles. The van der Waals surface area contributed by atoms with E-state index in [-0.39, 0.29) is 0 Å². The molecule has 0 unspecified atom stereocenters. The zero-order chi connectivity index (χ0) is 26.5. The predicted molar refractivity (Wildman–Crippen MR) is 159 cm³/mol. The molecule has 5 heteroatoms. The SMILES string of the molecule is C=C.C=Cc1occc1C.c1cc2cc(P(c3ccc4occc4c3)c3ccc4occc4c3)ccc2o1. The molecule has 7 rings (SSSR count). The summed E-state index contributed by atoms with van der Waals surface area (Å²) < 4.78 is 21.6. The molecule has 0 spiro atoms. The Balaban J connectivity index is 0.000000252. The Hall–Kier alpha value is -4.53. The van der Waals surface area contributed by atoms with Crippen LogP contribution in [0.1, 0.15) is 11.3 Å². The van der Waals surface area contributed by atoms with Gasteiger partial charge in [0.15, 0.2) is 0 Å². The lowest BCUT2D eigenvalue weighted by atomic mass is 10.2. The molecule has 3 aromatic carbocycles. The van der Waals surface area contributed by atoms with Crippen molar-refractivity contribution in [3.63, 3.8) is 0 Å². The molecule has 0 bridgehead atoms. The third-order valence-corrected chi connectivity index (χ3v) is 8.55. The smallest absolute Gasteiger partial charge is 0.133 e. The molecule has 0 saturated carbocycles. The van der Waals surface area contributed by atoms with E-state index < -0.39 is 7.92 Å². The fourth-order valence-corrected chi connectivity index (χ4v) is 6.69. The molecule has 0 atom stereocenters. The van der Waals surface area contributed by atoms with E-state index in [2.05, 4.69) is 74.3 Å². The van der Waals surface area contributed by atoms with Crippen LogP contribution in [0.5, 0.6) is 0 Å². The summed E-state index contributed by atoms with van der Waals surface area (Å²) in [5.74, 6) is 0.866. The van der Waals surface area contributed by atoms with Crippen LogP contribution in [0.4, 0.5) is 0 Å². The molecule has 0 fully saturated rings. The predicted octanol–water partition coefficient (Wildman–Crippen LogP) is 8.72. The molecule has 0 saturated heterocycles. The average molecular weight is 519 g/mol. The van der Waals surface area contributed by atoms with Gasteiger partial charge >= 0.3 is 0 Å². The molecule has 0 amide bonds. The first-order chi connectivity index (χ1) is 18.7. The normalized spacial score (nSPS) is 10.8. The van der Waals surface area contributed by atoms with Gasteiger partial charge in [-0.3, -0.25) is 0 Å². The van der Waals surface area contributed by atoms with Crippen LogP contribution >= 0.6 is 7.92 Å². The molecule has 4 aromatic heterocycles. The third-order valence-electron chi connectivity index (χ3n) is 6.17. The number of fused-ring (bicyclic) bond motifs is 3. The minimum absolute atomic E-state index is 0.734. The van der Waals surface area contributed by atoms with Crippen LogP contribution in [-0.2, 0) is 0 Å².